The molecule has 1 aliphatic rings. The van der Waals surface area contributed by atoms with Crippen LogP contribution in [0, 0.1) is 16.0 Å². The molecule has 0 spiro atoms. The van der Waals surface area contributed by atoms with E-state index < -0.39 is 0 Å². The van der Waals surface area contributed by atoms with Crippen molar-refractivity contribution in [2.45, 2.75) is 19.4 Å². The van der Waals surface area contributed by atoms with Crippen LogP contribution in [0.1, 0.15) is 18.4 Å². The number of benzene rings is 1. The van der Waals surface area contributed by atoms with E-state index in [2.05, 4.69) is 5.32 Å². The highest BCUT2D eigenvalue weighted by Gasteiger charge is 2.13. The highest BCUT2D eigenvalue weighted by Crippen LogP contribution is 2.14. The maximum atomic E-state index is 10.5. The van der Waals surface area contributed by atoms with Crippen LogP contribution in [-0.4, -0.2) is 24.7 Å². The first-order valence-corrected chi connectivity index (χ1v) is 6.27. The Labute approximate surface area is 106 Å². The first-order valence-electron chi connectivity index (χ1n) is 6.27. The predicted octanol–water partition coefficient (Wildman–Crippen LogP) is 2.11. The monoisotopic (exact) mass is 250 g/mol. The van der Waals surface area contributed by atoms with Crippen LogP contribution in [0.4, 0.5) is 5.69 Å². The number of non-ortho nitro benzene ring substituents is 1. The number of hydrogen-bond acceptors (Lipinski definition) is 4. The minimum absolute atomic E-state index is 0.138. The van der Waals surface area contributed by atoms with Crippen molar-refractivity contribution in [1.82, 2.24) is 5.32 Å². The van der Waals surface area contributed by atoms with Crippen LogP contribution in [0.5, 0.6) is 0 Å². The summed E-state index contributed by atoms with van der Waals surface area (Å²) in [6, 6.07) is 6.67. The number of nitrogens with one attached hydrogen (secondary N) is 1. The molecule has 1 atom stereocenters. The Hall–Kier alpha value is -1.46. The Bertz CT molecular complexity index is 386. The summed E-state index contributed by atoms with van der Waals surface area (Å²) in [7, 11) is 0. The maximum Gasteiger partial charge on any atom is 0.269 e. The molecule has 1 saturated heterocycles. The second-order valence-electron chi connectivity index (χ2n) is 4.64. The first-order chi connectivity index (χ1) is 8.75. The molecule has 5 heteroatoms. The van der Waals surface area contributed by atoms with Crippen molar-refractivity contribution in [1.29, 1.82) is 0 Å². The smallest absolute Gasteiger partial charge is 0.269 e. The molecule has 98 valence electrons. The SMILES string of the molecule is O=[N+]([O-])c1ccc(CNCC2CCCOC2)cc1. The second-order valence-corrected chi connectivity index (χ2v) is 4.64. The summed E-state index contributed by atoms with van der Waals surface area (Å²) >= 11 is 0. The summed E-state index contributed by atoms with van der Waals surface area (Å²) in [6.07, 6.45) is 2.36. The minimum Gasteiger partial charge on any atom is -0.381 e. The lowest BCUT2D eigenvalue weighted by atomic mass is 10.0. The van der Waals surface area contributed by atoms with Gasteiger partial charge in [0.15, 0.2) is 0 Å². The van der Waals surface area contributed by atoms with E-state index in [1.807, 2.05) is 0 Å². The third kappa shape index (κ3) is 3.78. The number of nitrogens with zero attached hydrogens (tertiary/aromatic N) is 1. The number of nitro benzene ring substituents is 1. The fourth-order valence-corrected chi connectivity index (χ4v) is 2.12. The van der Waals surface area contributed by atoms with Crippen LogP contribution in [-0.2, 0) is 11.3 Å². The molecule has 0 radical (unpaired) electrons. The first kappa shape index (κ1) is 13.0. The Morgan fingerprint density at radius 2 is 2.17 bits per heavy atom. The van der Waals surface area contributed by atoms with Gasteiger partial charge in [-0.3, -0.25) is 10.1 Å². The van der Waals surface area contributed by atoms with Gasteiger partial charge in [0, 0.05) is 31.8 Å². The Balaban J connectivity index is 1.74. The second kappa shape index (κ2) is 6.47. The predicted molar refractivity (Wildman–Crippen MR) is 68.3 cm³/mol. The number of rotatable bonds is 5. The lowest BCUT2D eigenvalue weighted by Gasteiger charge is -2.22. The molecule has 0 amide bonds. The number of nitro groups is 1. The molecule has 0 aromatic heterocycles. The van der Waals surface area contributed by atoms with Crippen LogP contribution < -0.4 is 5.32 Å². The summed E-state index contributed by atoms with van der Waals surface area (Å²) in [4.78, 5) is 10.1. The molecule has 18 heavy (non-hydrogen) atoms. The fourth-order valence-electron chi connectivity index (χ4n) is 2.12. The zero-order valence-corrected chi connectivity index (χ0v) is 10.3. The molecule has 0 bridgehead atoms. The fraction of sp³-hybridized carbons (Fsp3) is 0.538. The van der Waals surface area contributed by atoms with Gasteiger partial charge in [-0.25, -0.2) is 0 Å². The number of ether oxygens (including phenoxy) is 1. The van der Waals surface area contributed by atoms with Crippen molar-refractivity contribution in [2.75, 3.05) is 19.8 Å². The van der Waals surface area contributed by atoms with E-state index in [-0.39, 0.29) is 10.6 Å². The summed E-state index contributed by atoms with van der Waals surface area (Å²) in [5.41, 5.74) is 1.21. The van der Waals surface area contributed by atoms with E-state index in [0.717, 1.165) is 38.3 Å². The molecule has 1 fully saturated rings. The third-order valence-electron chi connectivity index (χ3n) is 3.16. The topological polar surface area (TPSA) is 64.4 Å². The lowest BCUT2D eigenvalue weighted by Crippen LogP contribution is -2.28. The molecule has 1 N–H and O–H groups in total. The van der Waals surface area contributed by atoms with Gasteiger partial charge in [-0.05, 0) is 24.3 Å². The van der Waals surface area contributed by atoms with Crippen LogP contribution >= 0.6 is 0 Å². The van der Waals surface area contributed by atoms with Gasteiger partial charge in [0.05, 0.1) is 11.5 Å². The summed E-state index contributed by atoms with van der Waals surface area (Å²) in [5, 5.41) is 13.9. The molecule has 1 aromatic rings. The van der Waals surface area contributed by atoms with Gasteiger partial charge in [0.25, 0.3) is 5.69 Å². The molecule has 1 heterocycles. The normalized spacial score (nSPS) is 19.7. The highest BCUT2D eigenvalue weighted by atomic mass is 16.6. The zero-order chi connectivity index (χ0) is 12.8. The highest BCUT2D eigenvalue weighted by molar-refractivity contribution is 5.32. The summed E-state index contributed by atoms with van der Waals surface area (Å²) < 4.78 is 5.41. The van der Waals surface area contributed by atoms with Crippen LogP contribution in [0.15, 0.2) is 24.3 Å². The molecule has 1 aromatic carbocycles. The minimum atomic E-state index is -0.378. The van der Waals surface area contributed by atoms with Crippen molar-refractivity contribution in [2.24, 2.45) is 5.92 Å². The van der Waals surface area contributed by atoms with Gasteiger partial charge in [0.2, 0.25) is 0 Å². The average Bonchev–Trinajstić information content (AvgIpc) is 2.40. The molecule has 2 rings (SSSR count). The Morgan fingerprint density at radius 3 is 2.78 bits per heavy atom. The molecule has 1 unspecified atom stereocenters. The standard InChI is InChI=1S/C13H18N2O3/c16-15(17)13-5-3-11(4-6-13)8-14-9-12-2-1-7-18-10-12/h3-6,12,14H,1-2,7-10H2. The van der Waals surface area contributed by atoms with E-state index in [1.165, 1.54) is 6.42 Å². The average molecular weight is 250 g/mol. The van der Waals surface area contributed by atoms with Crippen molar-refractivity contribution < 1.29 is 9.66 Å². The van der Waals surface area contributed by atoms with E-state index in [0.29, 0.717) is 5.92 Å². The van der Waals surface area contributed by atoms with E-state index in [9.17, 15) is 10.1 Å². The van der Waals surface area contributed by atoms with E-state index in [1.54, 1.807) is 24.3 Å². The lowest BCUT2D eigenvalue weighted by molar-refractivity contribution is -0.384. The van der Waals surface area contributed by atoms with Crippen molar-refractivity contribution in [3.05, 3.63) is 39.9 Å². The van der Waals surface area contributed by atoms with Gasteiger partial charge >= 0.3 is 0 Å². The van der Waals surface area contributed by atoms with Gasteiger partial charge in [-0.15, -0.1) is 0 Å². The molecular weight excluding hydrogens is 232 g/mol. The quantitative estimate of drug-likeness (QED) is 0.642. The third-order valence-corrected chi connectivity index (χ3v) is 3.16. The maximum absolute atomic E-state index is 10.5. The van der Waals surface area contributed by atoms with Crippen molar-refractivity contribution in [3.63, 3.8) is 0 Å². The largest absolute Gasteiger partial charge is 0.381 e. The van der Waals surface area contributed by atoms with Gasteiger partial charge < -0.3 is 10.1 Å². The van der Waals surface area contributed by atoms with Crippen LogP contribution in [0.2, 0.25) is 0 Å². The Kier molecular flexibility index (Phi) is 4.66. The number of hydrogen-bond donors (Lipinski definition) is 1. The zero-order valence-electron chi connectivity index (χ0n) is 10.3. The molecule has 0 aliphatic carbocycles. The summed E-state index contributed by atoms with van der Waals surface area (Å²) in [6.45, 7) is 3.41. The molecular formula is C13H18N2O3. The van der Waals surface area contributed by atoms with Gasteiger partial charge in [0.1, 0.15) is 0 Å². The molecule has 5 nitrogen and oxygen atoms in total. The summed E-state index contributed by atoms with van der Waals surface area (Å²) in [5.74, 6) is 0.594. The van der Waals surface area contributed by atoms with Gasteiger partial charge in [-0.1, -0.05) is 12.1 Å². The van der Waals surface area contributed by atoms with Crippen LogP contribution in [0.3, 0.4) is 0 Å². The molecule has 1 aliphatic heterocycles. The molecule has 0 saturated carbocycles. The van der Waals surface area contributed by atoms with E-state index >= 15 is 0 Å². The van der Waals surface area contributed by atoms with Gasteiger partial charge in [-0.2, -0.15) is 0 Å². The van der Waals surface area contributed by atoms with E-state index in [4.69, 9.17) is 4.74 Å². The van der Waals surface area contributed by atoms with Crippen molar-refractivity contribution in [3.8, 4) is 0 Å². The Morgan fingerprint density at radius 1 is 1.39 bits per heavy atom. The van der Waals surface area contributed by atoms with Crippen LogP contribution in [0.25, 0.3) is 0 Å². The van der Waals surface area contributed by atoms with Crippen molar-refractivity contribution >= 4 is 5.69 Å².